The van der Waals surface area contributed by atoms with E-state index in [1.54, 1.807) is 17.4 Å². The minimum Gasteiger partial charge on any atom is -0.356 e. The lowest BCUT2D eigenvalue weighted by molar-refractivity contribution is -0.126. The van der Waals surface area contributed by atoms with Crippen LogP contribution in [0.1, 0.15) is 35.4 Å². The van der Waals surface area contributed by atoms with Crippen molar-refractivity contribution < 1.29 is 13.2 Å². The predicted octanol–water partition coefficient (Wildman–Crippen LogP) is 4.06. The van der Waals surface area contributed by atoms with Gasteiger partial charge in [0.15, 0.2) is 0 Å². The molecule has 1 aliphatic rings. The maximum atomic E-state index is 13.0. The quantitative estimate of drug-likeness (QED) is 0.527. The van der Waals surface area contributed by atoms with Gasteiger partial charge in [-0.1, -0.05) is 29.8 Å². The van der Waals surface area contributed by atoms with E-state index in [0.29, 0.717) is 37.4 Å². The van der Waals surface area contributed by atoms with Crippen LogP contribution in [0.25, 0.3) is 10.2 Å². The molecule has 0 bridgehead atoms. The Balaban J connectivity index is 1.24. The van der Waals surface area contributed by atoms with E-state index in [-0.39, 0.29) is 11.8 Å². The van der Waals surface area contributed by atoms with Crippen molar-refractivity contribution in [3.8, 4) is 0 Å². The molecule has 0 unspecified atom stereocenters. The Morgan fingerprint density at radius 3 is 2.62 bits per heavy atom. The number of carbonyl (C=O) groups excluding carboxylic acids is 1. The summed E-state index contributed by atoms with van der Waals surface area (Å²) >= 11 is 1.70. The van der Waals surface area contributed by atoms with Gasteiger partial charge in [0.1, 0.15) is 0 Å². The van der Waals surface area contributed by atoms with E-state index in [1.807, 2.05) is 44.2 Å². The second kappa shape index (κ2) is 9.68. The van der Waals surface area contributed by atoms with Crippen molar-refractivity contribution in [2.75, 3.05) is 19.6 Å². The fourth-order valence-corrected chi connectivity index (χ4v) is 6.89. The maximum Gasteiger partial charge on any atom is 0.243 e. The van der Waals surface area contributed by atoms with Crippen LogP contribution in [0.2, 0.25) is 0 Å². The number of fused-ring (bicyclic) bond motifs is 1. The lowest BCUT2D eigenvalue weighted by atomic mass is 9.97. The number of benzene rings is 2. The summed E-state index contributed by atoms with van der Waals surface area (Å²) in [7, 11) is -3.53. The van der Waals surface area contributed by atoms with E-state index in [1.165, 1.54) is 9.01 Å². The largest absolute Gasteiger partial charge is 0.356 e. The molecule has 8 heteroatoms. The van der Waals surface area contributed by atoms with Gasteiger partial charge in [-0.15, -0.1) is 11.3 Å². The number of thiazole rings is 1. The fourth-order valence-electron chi connectivity index (χ4n) is 4.21. The molecule has 6 nitrogen and oxygen atoms in total. The third kappa shape index (κ3) is 5.03. The molecule has 0 saturated carbocycles. The van der Waals surface area contributed by atoms with Crippen LogP contribution >= 0.6 is 11.3 Å². The summed E-state index contributed by atoms with van der Waals surface area (Å²) in [6.45, 7) is 5.13. The number of para-hydroxylation sites is 1. The first-order chi connectivity index (χ1) is 15.3. The van der Waals surface area contributed by atoms with Crippen molar-refractivity contribution in [3.63, 3.8) is 0 Å². The third-order valence-electron chi connectivity index (χ3n) is 5.98. The van der Waals surface area contributed by atoms with Crippen LogP contribution in [-0.2, 0) is 21.2 Å². The first-order valence-electron chi connectivity index (χ1n) is 11.0. The summed E-state index contributed by atoms with van der Waals surface area (Å²) in [5.41, 5.74) is 2.83. The molecular formula is C24H29N3O3S2. The number of rotatable bonds is 7. The van der Waals surface area contributed by atoms with Crippen LogP contribution in [0.4, 0.5) is 0 Å². The molecule has 170 valence electrons. The first kappa shape index (κ1) is 22.9. The van der Waals surface area contributed by atoms with Crippen molar-refractivity contribution in [2.45, 2.75) is 44.4 Å². The zero-order valence-electron chi connectivity index (χ0n) is 18.5. The van der Waals surface area contributed by atoms with Crippen LogP contribution in [-0.4, -0.2) is 43.2 Å². The Labute approximate surface area is 193 Å². The number of hydrogen-bond acceptors (Lipinski definition) is 5. The summed E-state index contributed by atoms with van der Waals surface area (Å²) in [5, 5.41) is 4.12. The molecule has 3 aromatic rings. The Morgan fingerprint density at radius 2 is 1.91 bits per heavy atom. The lowest BCUT2D eigenvalue weighted by Crippen LogP contribution is -2.43. The summed E-state index contributed by atoms with van der Waals surface area (Å²) in [5.74, 6) is -0.110. The minimum absolute atomic E-state index is 0.0258. The average molecular weight is 472 g/mol. The molecule has 1 amide bonds. The SMILES string of the molecule is Cc1ccc(S(=O)(=O)N2CCC(C(=O)NCCCc3nc4ccccc4s3)CC2)c(C)c1. The number of aryl methyl sites for hydroxylation is 3. The Hall–Kier alpha value is -2.29. The van der Waals surface area contributed by atoms with Gasteiger partial charge in [-0.3, -0.25) is 4.79 Å². The highest BCUT2D eigenvalue weighted by molar-refractivity contribution is 7.89. The highest BCUT2D eigenvalue weighted by atomic mass is 32.2. The zero-order chi connectivity index (χ0) is 22.7. The van der Waals surface area contributed by atoms with E-state index in [9.17, 15) is 13.2 Å². The van der Waals surface area contributed by atoms with Gasteiger partial charge >= 0.3 is 0 Å². The maximum absolute atomic E-state index is 13.0. The van der Waals surface area contributed by atoms with Crippen LogP contribution in [0.3, 0.4) is 0 Å². The summed E-state index contributed by atoms with van der Waals surface area (Å²) in [4.78, 5) is 17.6. The standard InChI is InChI=1S/C24H29N3O3S2/c1-17-9-10-22(18(2)16-17)32(29,30)27-14-11-19(12-15-27)24(28)25-13-5-8-23-26-20-6-3-4-7-21(20)31-23/h3-4,6-7,9-10,16,19H,5,8,11-15H2,1-2H3,(H,25,28). The highest BCUT2D eigenvalue weighted by Gasteiger charge is 2.32. The molecule has 0 aliphatic carbocycles. The van der Waals surface area contributed by atoms with Crippen molar-refractivity contribution in [2.24, 2.45) is 5.92 Å². The topological polar surface area (TPSA) is 79.4 Å². The number of aromatic nitrogens is 1. The van der Waals surface area contributed by atoms with Gasteiger partial charge < -0.3 is 5.32 Å². The number of nitrogens with one attached hydrogen (secondary N) is 1. The van der Waals surface area contributed by atoms with Crippen molar-refractivity contribution >= 4 is 37.5 Å². The molecule has 2 aromatic carbocycles. The van der Waals surface area contributed by atoms with E-state index in [2.05, 4.69) is 16.4 Å². The Morgan fingerprint density at radius 1 is 1.16 bits per heavy atom. The van der Waals surface area contributed by atoms with Crippen LogP contribution in [0.15, 0.2) is 47.4 Å². The second-order valence-electron chi connectivity index (χ2n) is 8.42. The molecule has 32 heavy (non-hydrogen) atoms. The second-order valence-corrected chi connectivity index (χ2v) is 11.4. The van der Waals surface area contributed by atoms with E-state index in [4.69, 9.17) is 0 Å². The zero-order valence-corrected chi connectivity index (χ0v) is 20.1. The molecule has 1 saturated heterocycles. The minimum atomic E-state index is -3.53. The molecule has 4 rings (SSSR count). The van der Waals surface area contributed by atoms with Gasteiger partial charge in [-0.2, -0.15) is 4.31 Å². The number of nitrogens with zero attached hydrogens (tertiary/aromatic N) is 2. The molecular weight excluding hydrogens is 442 g/mol. The summed E-state index contributed by atoms with van der Waals surface area (Å²) in [6, 6.07) is 13.5. The fraction of sp³-hybridized carbons (Fsp3) is 0.417. The summed E-state index contributed by atoms with van der Waals surface area (Å²) in [6.07, 6.45) is 2.78. The molecule has 1 fully saturated rings. The van der Waals surface area contributed by atoms with E-state index in [0.717, 1.165) is 34.5 Å². The lowest BCUT2D eigenvalue weighted by Gasteiger charge is -2.31. The third-order valence-corrected chi connectivity index (χ3v) is 9.13. The van der Waals surface area contributed by atoms with Crippen molar-refractivity contribution in [3.05, 3.63) is 58.6 Å². The van der Waals surface area contributed by atoms with Gasteiger partial charge in [-0.05, 0) is 56.9 Å². The predicted molar refractivity (Wildman–Crippen MR) is 128 cm³/mol. The van der Waals surface area contributed by atoms with Gasteiger partial charge in [0.05, 0.1) is 20.1 Å². The average Bonchev–Trinajstić information content (AvgIpc) is 3.19. The smallest absolute Gasteiger partial charge is 0.243 e. The molecule has 0 atom stereocenters. The van der Waals surface area contributed by atoms with Gasteiger partial charge in [-0.25, -0.2) is 13.4 Å². The van der Waals surface area contributed by atoms with E-state index < -0.39 is 10.0 Å². The van der Waals surface area contributed by atoms with Crippen molar-refractivity contribution in [1.29, 1.82) is 0 Å². The van der Waals surface area contributed by atoms with Crippen molar-refractivity contribution in [1.82, 2.24) is 14.6 Å². The molecule has 1 N–H and O–H groups in total. The van der Waals surface area contributed by atoms with Gasteiger partial charge in [0.2, 0.25) is 15.9 Å². The van der Waals surface area contributed by atoms with Gasteiger partial charge in [0, 0.05) is 32.0 Å². The van der Waals surface area contributed by atoms with E-state index >= 15 is 0 Å². The van der Waals surface area contributed by atoms with Crippen LogP contribution in [0.5, 0.6) is 0 Å². The number of amides is 1. The number of piperidine rings is 1. The number of carbonyl (C=O) groups is 1. The summed E-state index contributed by atoms with van der Waals surface area (Å²) < 4.78 is 28.8. The normalized spacial score (nSPS) is 15.8. The van der Waals surface area contributed by atoms with Crippen LogP contribution < -0.4 is 5.32 Å². The molecule has 1 aromatic heterocycles. The Kier molecular flexibility index (Phi) is 6.93. The number of sulfonamides is 1. The Bertz CT molecular complexity index is 1180. The number of hydrogen-bond donors (Lipinski definition) is 1. The molecule has 1 aliphatic heterocycles. The monoisotopic (exact) mass is 471 g/mol. The van der Waals surface area contributed by atoms with Gasteiger partial charge in [0.25, 0.3) is 0 Å². The first-order valence-corrected chi connectivity index (χ1v) is 13.3. The molecule has 0 radical (unpaired) electrons. The highest BCUT2D eigenvalue weighted by Crippen LogP contribution is 2.26. The molecule has 2 heterocycles. The molecule has 0 spiro atoms. The van der Waals surface area contributed by atoms with Crippen LogP contribution in [0, 0.1) is 19.8 Å².